The highest BCUT2D eigenvalue weighted by Crippen LogP contribution is 2.44. The Labute approximate surface area is 203 Å². The standard InChI is InChI=1S/C26H24Cl2N2O3/c1-2-4-24(32)33-16-23(31)30-26(18-9-13-21(28)14-10-18)22-6-3-5-19(25(22)29-30)15-17-7-11-20(27)12-8-17/h2,4,7-15,22,26H,3,5-6,16H2,1H3. The summed E-state index contributed by atoms with van der Waals surface area (Å²) in [4.78, 5) is 24.8. The highest BCUT2D eigenvalue weighted by Gasteiger charge is 2.43. The Hall–Kier alpha value is -2.89. The number of benzene rings is 2. The second kappa shape index (κ2) is 10.4. The molecule has 0 radical (unpaired) electrons. The third kappa shape index (κ3) is 5.37. The Bertz CT molecular complexity index is 1120. The summed E-state index contributed by atoms with van der Waals surface area (Å²) in [5, 5.41) is 7.56. The lowest BCUT2D eigenvalue weighted by molar-refractivity contribution is -0.149. The average molecular weight is 483 g/mol. The Kier molecular flexibility index (Phi) is 7.31. The molecule has 170 valence electrons. The predicted octanol–water partition coefficient (Wildman–Crippen LogP) is 6.24. The molecule has 4 rings (SSSR count). The summed E-state index contributed by atoms with van der Waals surface area (Å²) in [6.07, 6.45) is 7.75. The van der Waals surface area contributed by atoms with E-state index >= 15 is 0 Å². The Balaban J connectivity index is 1.67. The lowest BCUT2D eigenvalue weighted by Crippen LogP contribution is -2.34. The molecule has 1 aliphatic carbocycles. The van der Waals surface area contributed by atoms with Crippen molar-refractivity contribution < 1.29 is 14.3 Å². The van der Waals surface area contributed by atoms with Crippen LogP contribution in [-0.4, -0.2) is 29.2 Å². The zero-order valence-corrected chi connectivity index (χ0v) is 19.7. The van der Waals surface area contributed by atoms with Gasteiger partial charge in [-0.05, 0) is 73.2 Å². The van der Waals surface area contributed by atoms with Crippen LogP contribution in [0.1, 0.15) is 43.4 Å². The Morgan fingerprint density at radius 3 is 2.42 bits per heavy atom. The fourth-order valence-electron chi connectivity index (χ4n) is 4.34. The van der Waals surface area contributed by atoms with E-state index in [-0.39, 0.29) is 24.5 Å². The van der Waals surface area contributed by atoms with E-state index < -0.39 is 5.97 Å². The number of hydrogen-bond acceptors (Lipinski definition) is 4. The molecule has 1 fully saturated rings. The van der Waals surface area contributed by atoms with Gasteiger partial charge in [-0.15, -0.1) is 0 Å². The topological polar surface area (TPSA) is 59.0 Å². The van der Waals surface area contributed by atoms with Crippen molar-refractivity contribution in [1.82, 2.24) is 5.01 Å². The van der Waals surface area contributed by atoms with Crippen LogP contribution in [0.5, 0.6) is 0 Å². The number of hydrazone groups is 1. The van der Waals surface area contributed by atoms with Crippen molar-refractivity contribution in [3.63, 3.8) is 0 Å². The molecule has 5 nitrogen and oxygen atoms in total. The van der Waals surface area contributed by atoms with Crippen molar-refractivity contribution in [2.24, 2.45) is 11.0 Å². The third-order valence-corrected chi connectivity index (χ3v) is 6.32. The number of carbonyl (C=O) groups is 2. The number of esters is 1. The van der Waals surface area contributed by atoms with E-state index in [0.29, 0.717) is 10.0 Å². The monoisotopic (exact) mass is 482 g/mol. The molecular weight excluding hydrogens is 459 g/mol. The minimum absolute atomic E-state index is 0.0497. The van der Waals surface area contributed by atoms with E-state index in [1.165, 1.54) is 11.1 Å². The molecule has 1 amide bonds. The van der Waals surface area contributed by atoms with Gasteiger partial charge < -0.3 is 4.74 Å². The summed E-state index contributed by atoms with van der Waals surface area (Å²) in [6, 6.07) is 14.9. The van der Waals surface area contributed by atoms with Gasteiger partial charge in [0.2, 0.25) is 0 Å². The number of fused-ring (bicyclic) bond motifs is 1. The zero-order valence-electron chi connectivity index (χ0n) is 18.2. The van der Waals surface area contributed by atoms with Gasteiger partial charge in [-0.2, -0.15) is 5.10 Å². The Morgan fingerprint density at radius 1 is 1.09 bits per heavy atom. The SMILES string of the molecule is CC=CC(=O)OCC(=O)N1N=C2C(=Cc3ccc(Cl)cc3)CCCC2C1c1ccc(Cl)cc1. The average Bonchev–Trinajstić information content (AvgIpc) is 3.20. The van der Waals surface area contributed by atoms with Crippen molar-refractivity contribution in [2.45, 2.75) is 32.2 Å². The fraction of sp³-hybridized carbons (Fsp3) is 0.269. The summed E-state index contributed by atoms with van der Waals surface area (Å²) in [5.41, 5.74) is 3.99. The lowest BCUT2D eigenvalue weighted by Gasteiger charge is -2.29. The molecule has 1 aliphatic heterocycles. The van der Waals surface area contributed by atoms with Crippen LogP contribution in [0.3, 0.4) is 0 Å². The van der Waals surface area contributed by atoms with Crippen LogP contribution in [0.15, 0.2) is 71.4 Å². The van der Waals surface area contributed by atoms with Crippen LogP contribution in [0, 0.1) is 5.92 Å². The molecular formula is C26H24Cl2N2O3. The highest BCUT2D eigenvalue weighted by molar-refractivity contribution is 6.30. The maximum Gasteiger partial charge on any atom is 0.330 e. The summed E-state index contributed by atoms with van der Waals surface area (Å²) in [5.74, 6) is -0.865. The van der Waals surface area contributed by atoms with Gasteiger partial charge in [0.25, 0.3) is 5.91 Å². The van der Waals surface area contributed by atoms with E-state index in [4.69, 9.17) is 33.0 Å². The smallest absolute Gasteiger partial charge is 0.330 e. The van der Waals surface area contributed by atoms with Gasteiger partial charge >= 0.3 is 5.97 Å². The van der Waals surface area contributed by atoms with E-state index in [1.54, 1.807) is 13.0 Å². The van der Waals surface area contributed by atoms with Crippen molar-refractivity contribution in [1.29, 1.82) is 0 Å². The van der Waals surface area contributed by atoms with Gasteiger partial charge in [-0.25, -0.2) is 9.80 Å². The van der Waals surface area contributed by atoms with Crippen molar-refractivity contribution in [3.8, 4) is 0 Å². The lowest BCUT2D eigenvalue weighted by atomic mass is 9.77. The number of nitrogens with zero attached hydrogens (tertiary/aromatic N) is 2. The number of ether oxygens (including phenoxy) is 1. The summed E-state index contributed by atoms with van der Waals surface area (Å²) >= 11 is 12.1. The van der Waals surface area contributed by atoms with Gasteiger partial charge in [0.1, 0.15) is 0 Å². The fourth-order valence-corrected chi connectivity index (χ4v) is 4.60. The van der Waals surface area contributed by atoms with Crippen LogP contribution < -0.4 is 0 Å². The first-order valence-corrected chi connectivity index (χ1v) is 11.6. The van der Waals surface area contributed by atoms with Gasteiger partial charge in [-0.1, -0.05) is 53.5 Å². The minimum Gasteiger partial charge on any atom is -0.452 e. The molecule has 0 spiro atoms. The quantitative estimate of drug-likeness (QED) is 0.374. The molecule has 2 unspecified atom stereocenters. The first kappa shape index (κ1) is 23.3. The predicted molar refractivity (Wildman–Crippen MR) is 131 cm³/mol. The number of carbonyl (C=O) groups excluding carboxylic acids is 2. The van der Waals surface area contributed by atoms with Gasteiger partial charge in [-0.3, -0.25) is 4.79 Å². The molecule has 2 aromatic rings. The van der Waals surface area contributed by atoms with E-state index in [9.17, 15) is 9.59 Å². The molecule has 2 aromatic carbocycles. The molecule has 0 aromatic heterocycles. The molecule has 33 heavy (non-hydrogen) atoms. The molecule has 0 N–H and O–H groups in total. The van der Waals surface area contributed by atoms with Crippen LogP contribution in [0.25, 0.3) is 6.08 Å². The molecule has 0 saturated heterocycles. The Morgan fingerprint density at radius 2 is 1.76 bits per heavy atom. The normalized spacial score (nSPS) is 21.2. The maximum atomic E-state index is 13.1. The van der Waals surface area contributed by atoms with Crippen LogP contribution >= 0.6 is 23.2 Å². The van der Waals surface area contributed by atoms with Crippen LogP contribution in [-0.2, 0) is 14.3 Å². The number of allylic oxidation sites excluding steroid dienone is 2. The first-order valence-electron chi connectivity index (χ1n) is 10.9. The number of amides is 1. The number of halogens is 2. The van der Waals surface area contributed by atoms with Gasteiger partial charge in [0.15, 0.2) is 6.61 Å². The van der Waals surface area contributed by atoms with Crippen LogP contribution in [0.2, 0.25) is 10.0 Å². The molecule has 1 heterocycles. The van der Waals surface area contributed by atoms with E-state index in [2.05, 4.69) is 6.08 Å². The minimum atomic E-state index is -0.554. The first-order chi connectivity index (χ1) is 16.0. The van der Waals surface area contributed by atoms with Crippen LogP contribution in [0.4, 0.5) is 0 Å². The second-order valence-electron chi connectivity index (χ2n) is 8.05. The number of rotatable bonds is 5. The zero-order chi connectivity index (χ0) is 23.4. The van der Waals surface area contributed by atoms with Crippen molar-refractivity contribution in [3.05, 3.63) is 87.4 Å². The van der Waals surface area contributed by atoms with Gasteiger partial charge in [0, 0.05) is 22.0 Å². The largest absolute Gasteiger partial charge is 0.452 e. The van der Waals surface area contributed by atoms with Crippen molar-refractivity contribution in [2.75, 3.05) is 6.61 Å². The second-order valence-corrected chi connectivity index (χ2v) is 8.92. The summed E-state index contributed by atoms with van der Waals surface area (Å²) in [6.45, 7) is 1.35. The van der Waals surface area contributed by atoms with E-state index in [0.717, 1.165) is 41.7 Å². The summed E-state index contributed by atoms with van der Waals surface area (Å²) in [7, 11) is 0. The number of hydrogen-bond donors (Lipinski definition) is 0. The third-order valence-electron chi connectivity index (χ3n) is 5.82. The molecule has 2 aliphatic rings. The van der Waals surface area contributed by atoms with E-state index in [1.807, 2.05) is 48.5 Å². The van der Waals surface area contributed by atoms with Gasteiger partial charge in [0.05, 0.1) is 11.8 Å². The highest BCUT2D eigenvalue weighted by atomic mass is 35.5. The summed E-state index contributed by atoms with van der Waals surface area (Å²) < 4.78 is 5.11. The maximum absolute atomic E-state index is 13.1. The molecule has 1 saturated carbocycles. The molecule has 7 heteroatoms. The molecule has 0 bridgehead atoms. The molecule has 2 atom stereocenters. The van der Waals surface area contributed by atoms with Crippen molar-refractivity contribution >= 4 is 46.9 Å².